The Kier molecular flexibility index (Phi) is 6.01. The summed E-state index contributed by atoms with van der Waals surface area (Å²) >= 11 is 6.07. The van der Waals surface area contributed by atoms with Crippen LogP contribution >= 0.6 is 11.6 Å². The first-order chi connectivity index (χ1) is 12.1. The molecule has 0 heterocycles. The summed E-state index contributed by atoms with van der Waals surface area (Å²) in [4.78, 5) is 23.7. The molecule has 0 radical (unpaired) electrons. The zero-order chi connectivity index (χ0) is 19.5. The lowest BCUT2D eigenvalue weighted by Gasteiger charge is -2.14. The summed E-state index contributed by atoms with van der Waals surface area (Å²) < 4.78 is 25.5. The van der Waals surface area contributed by atoms with Crippen molar-refractivity contribution in [3.05, 3.63) is 58.6 Å². The molecule has 0 fully saturated rings. The summed E-state index contributed by atoms with van der Waals surface area (Å²) in [6.45, 7) is 0. The number of carbonyl (C=O) groups is 2. The molecule has 0 aliphatic heterocycles. The van der Waals surface area contributed by atoms with Crippen LogP contribution in [0.4, 0.5) is 5.69 Å². The number of sulfonamides is 1. The summed E-state index contributed by atoms with van der Waals surface area (Å²) in [6, 6.07) is 10.6. The van der Waals surface area contributed by atoms with Crippen molar-refractivity contribution in [1.82, 2.24) is 4.31 Å². The largest absolute Gasteiger partial charge is 0.369 e. The van der Waals surface area contributed by atoms with Crippen molar-refractivity contribution in [2.75, 3.05) is 19.4 Å². The first-order valence-corrected chi connectivity index (χ1v) is 9.34. The van der Waals surface area contributed by atoms with Gasteiger partial charge in [0.05, 0.1) is 21.9 Å². The van der Waals surface area contributed by atoms with E-state index in [4.69, 9.17) is 17.3 Å². The Bertz CT molecular complexity index is 958. The molecule has 0 aliphatic rings. The van der Waals surface area contributed by atoms with Crippen molar-refractivity contribution in [2.45, 2.75) is 11.3 Å². The Morgan fingerprint density at radius 2 is 1.81 bits per heavy atom. The van der Waals surface area contributed by atoms with Crippen LogP contribution in [0, 0.1) is 0 Å². The number of nitrogens with one attached hydrogen (secondary N) is 1. The van der Waals surface area contributed by atoms with Gasteiger partial charge in [-0.3, -0.25) is 9.59 Å². The molecule has 0 saturated heterocycles. The molecule has 0 aromatic heterocycles. The Morgan fingerprint density at radius 1 is 1.15 bits per heavy atom. The second kappa shape index (κ2) is 7.86. The van der Waals surface area contributed by atoms with Crippen LogP contribution in [0.1, 0.15) is 15.9 Å². The molecular weight excluding hydrogens is 378 g/mol. The molecular formula is C17H18ClN3O4S. The SMILES string of the molecule is CN(C)S(=O)(=O)c1ccc(Cl)c(C(=O)Nc2ccccc2CC(N)=O)c1. The van der Waals surface area contributed by atoms with Crippen molar-refractivity contribution in [2.24, 2.45) is 5.73 Å². The van der Waals surface area contributed by atoms with Crippen LogP contribution in [-0.2, 0) is 21.2 Å². The highest BCUT2D eigenvalue weighted by Gasteiger charge is 2.21. The Hall–Kier alpha value is -2.42. The molecule has 138 valence electrons. The molecule has 3 N–H and O–H groups in total. The summed E-state index contributed by atoms with van der Waals surface area (Å²) in [5, 5.41) is 2.75. The van der Waals surface area contributed by atoms with Gasteiger partial charge in [0.15, 0.2) is 0 Å². The van der Waals surface area contributed by atoms with E-state index < -0.39 is 21.8 Å². The lowest BCUT2D eigenvalue weighted by molar-refractivity contribution is -0.117. The van der Waals surface area contributed by atoms with Gasteiger partial charge in [-0.15, -0.1) is 0 Å². The third kappa shape index (κ3) is 4.40. The molecule has 0 spiro atoms. The highest BCUT2D eigenvalue weighted by atomic mass is 35.5. The van der Waals surface area contributed by atoms with Gasteiger partial charge in [-0.25, -0.2) is 12.7 Å². The van der Waals surface area contributed by atoms with Gasteiger partial charge < -0.3 is 11.1 Å². The number of primary amides is 1. The molecule has 0 aliphatic carbocycles. The summed E-state index contributed by atoms with van der Waals surface area (Å²) in [6.07, 6.45) is -0.0424. The van der Waals surface area contributed by atoms with Gasteiger partial charge in [-0.05, 0) is 29.8 Å². The minimum atomic E-state index is -3.71. The Morgan fingerprint density at radius 3 is 2.42 bits per heavy atom. The van der Waals surface area contributed by atoms with E-state index in [0.29, 0.717) is 11.3 Å². The topological polar surface area (TPSA) is 110 Å². The van der Waals surface area contributed by atoms with Crippen molar-refractivity contribution < 1.29 is 18.0 Å². The van der Waals surface area contributed by atoms with Crippen molar-refractivity contribution >= 4 is 39.1 Å². The first-order valence-electron chi connectivity index (χ1n) is 7.52. The van der Waals surface area contributed by atoms with Crippen LogP contribution in [0.5, 0.6) is 0 Å². The van der Waals surface area contributed by atoms with Gasteiger partial charge in [0.1, 0.15) is 0 Å². The zero-order valence-corrected chi connectivity index (χ0v) is 15.8. The van der Waals surface area contributed by atoms with Gasteiger partial charge in [-0.1, -0.05) is 29.8 Å². The smallest absolute Gasteiger partial charge is 0.257 e. The summed E-state index contributed by atoms with van der Waals surface area (Å²) in [5.41, 5.74) is 6.15. The molecule has 0 atom stereocenters. The predicted molar refractivity (Wildman–Crippen MR) is 99.6 cm³/mol. The minimum Gasteiger partial charge on any atom is -0.369 e. The number of anilines is 1. The molecule has 2 aromatic carbocycles. The van der Waals surface area contributed by atoms with E-state index in [1.54, 1.807) is 24.3 Å². The van der Waals surface area contributed by atoms with E-state index in [0.717, 1.165) is 4.31 Å². The highest BCUT2D eigenvalue weighted by Crippen LogP contribution is 2.24. The monoisotopic (exact) mass is 395 g/mol. The van der Waals surface area contributed by atoms with Gasteiger partial charge in [0, 0.05) is 19.8 Å². The number of carbonyl (C=O) groups excluding carboxylic acids is 2. The summed E-state index contributed by atoms with van der Waals surface area (Å²) in [7, 11) is -0.928. The molecule has 0 unspecified atom stereocenters. The molecule has 2 rings (SSSR count). The fourth-order valence-electron chi connectivity index (χ4n) is 2.22. The lowest BCUT2D eigenvalue weighted by atomic mass is 10.1. The number of nitrogens with zero attached hydrogens (tertiary/aromatic N) is 1. The fourth-order valence-corrected chi connectivity index (χ4v) is 3.36. The molecule has 9 heteroatoms. The van der Waals surface area contributed by atoms with E-state index in [1.165, 1.54) is 32.3 Å². The molecule has 0 saturated carbocycles. The standard InChI is InChI=1S/C17H18ClN3O4S/c1-21(2)26(24,25)12-7-8-14(18)13(10-12)17(23)20-15-6-4-3-5-11(15)9-16(19)22/h3-8,10H,9H2,1-2H3,(H2,19,22)(H,20,23). The van der Waals surface area contributed by atoms with E-state index in [2.05, 4.69) is 5.32 Å². The summed E-state index contributed by atoms with van der Waals surface area (Å²) in [5.74, 6) is -1.13. The van der Waals surface area contributed by atoms with Gasteiger partial charge in [-0.2, -0.15) is 0 Å². The Balaban J connectivity index is 2.38. The first kappa shape index (κ1) is 19.9. The second-order valence-corrected chi connectivity index (χ2v) is 8.24. The van der Waals surface area contributed by atoms with Crippen LogP contribution in [0.25, 0.3) is 0 Å². The van der Waals surface area contributed by atoms with Gasteiger partial charge in [0.25, 0.3) is 5.91 Å². The number of benzene rings is 2. The van der Waals surface area contributed by atoms with Gasteiger partial charge in [0.2, 0.25) is 15.9 Å². The number of hydrogen-bond acceptors (Lipinski definition) is 4. The van der Waals surface area contributed by atoms with Crippen LogP contribution in [0.15, 0.2) is 47.4 Å². The maximum atomic E-state index is 12.6. The van der Waals surface area contributed by atoms with Gasteiger partial charge >= 0.3 is 0 Å². The number of hydrogen-bond donors (Lipinski definition) is 2. The average molecular weight is 396 g/mol. The van der Waals surface area contributed by atoms with Crippen LogP contribution in [0.2, 0.25) is 5.02 Å². The number of rotatable bonds is 6. The lowest BCUT2D eigenvalue weighted by Crippen LogP contribution is -2.23. The van der Waals surface area contributed by atoms with E-state index in [9.17, 15) is 18.0 Å². The average Bonchev–Trinajstić information content (AvgIpc) is 2.56. The number of halogens is 1. The number of amides is 2. The third-order valence-electron chi connectivity index (χ3n) is 3.59. The Labute approximate surface area is 156 Å². The molecule has 0 bridgehead atoms. The van der Waals surface area contributed by atoms with Crippen LogP contribution in [-0.4, -0.2) is 38.6 Å². The van der Waals surface area contributed by atoms with Crippen LogP contribution in [0.3, 0.4) is 0 Å². The normalized spacial score (nSPS) is 11.4. The number of nitrogens with two attached hydrogens (primary N) is 1. The van der Waals surface area contributed by atoms with Crippen molar-refractivity contribution in [1.29, 1.82) is 0 Å². The maximum Gasteiger partial charge on any atom is 0.257 e. The molecule has 2 aromatic rings. The predicted octanol–water partition coefficient (Wildman–Crippen LogP) is 1.87. The zero-order valence-electron chi connectivity index (χ0n) is 14.2. The second-order valence-electron chi connectivity index (χ2n) is 5.68. The van der Waals surface area contributed by atoms with E-state index in [1.807, 2.05) is 0 Å². The minimum absolute atomic E-state index is 0.00321. The third-order valence-corrected chi connectivity index (χ3v) is 5.73. The van der Waals surface area contributed by atoms with Crippen LogP contribution < -0.4 is 11.1 Å². The number of para-hydroxylation sites is 1. The van der Waals surface area contributed by atoms with Crippen molar-refractivity contribution in [3.63, 3.8) is 0 Å². The molecule has 26 heavy (non-hydrogen) atoms. The van der Waals surface area contributed by atoms with E-state index in [-0.39, 0.29) is 21.9 Å². The maximum absolute atomic E-state index is 12.6. The quantitative estimate of drug-likeness (QED) is 0.777. The highest BCUT2D eigenvalue weighted by molar-refractivity contribution is 7.89. The molecule has 7 nitrogen and oxygen atoms in total. The van der Waals surface area contributed by atoms with Crippen molar-refractivity contribution in [3.8, 4) is 0 Å². The fraction of sp³-hybridized carbons (Fsp3) is 0.176. The van der Waals surface area contributed by atoms with E-state index >= 15 is 0 Å². The molecule has 2 amide bonds.